The van der Waals surface area contributed by atoms with Crippen molar-refractivity contribution < 1.29 is 24.2 Å². The molecular weight excluding hydrogens is 468 g/mol. The van der Waals surface area contributed by atoms with Gasteiger partial charge >= 0.3 is 12.1 Å². The van der Waals surface area contributed by atoms with Crippen LogP contribution in [0.25, 0.3) is 11.1 Å². The van der Waals surface area contributed by atoms with Crippen molar-refractivity contribution in [3.05, 3.63) is 95.6 Å². The average molecular weight is 501 g/mol. The van der Waals surface area contributed by atoms with Crippen molar-refractivity contribution in [3.63, 3.8) is 0 Å². The molecule has 1 aliphatic rings. The molecule has 0 saturated heterocycles. The lowest BCUT2D eigenvalue weighted by atomic mass is 9.98. The lowest BCUT2D eigenvalue weighted by Gasteiger charge is -2.30. The molecular formula is C30H32N2O5. The maximum absolute atomic E-state index is 13.1. The Morgan fingerprint density at radius 2 is 1.46 bits per heavy atom. The number of nitrogens with one attached hydrogen (secondary N) is 1. The Hall–Kier alpha value is -4.13. The third kappa shape index (κ3) is 6.55. The van der Waals surface area contributed by atoms with E-state index in [-0.39, 0.29) is 37.8 Å². The third-order valence-electron chi connectivity index (χ3n) is 6.54. The number of alkyl carbamates (subject to hydrolysis) is 1. The van der Waals surface area contributed by atoms with Crippen molar-refractivity contribution in [3.8, 4) is 11.1 Å². The Kier molecular flexibility index (Phi) is 7.92. The van der Waals surface area contributed by atoms with Gasteiger partial charge < -0.3 is 20.1 Å². The van der Waals surface area contributed by atoms with Crippen molar-refractivity contribution in [2.75, 3.05) is 13.2 Å². The molecule has 1 aliphatic carbocycles. The van der Waals surface area contributed by atoms with Gasteiger partial charge in [0.2, 0.25) is 5.91 Å². The fourth-order valence-corrected chi connectivity index (χ4v) is 4.77. The van der Waals surface area contributed by atoms with Crippen molar-refractivity contribution in [1.29, 1.82) is 0 Å². The summed E-state index contributed by atoms with van der Waals surface area (Å²) in [5.74, 6) is -1.27. The van der Waals surface area contributed by atoms with Gasteiger partial charge in [-0.3, -0.25) is 9.59 Å². The fraction of sp³-hybridized carbons (Fsp3) is 0.300. The summed E-state index contributed by atoms with van der Waals surface area (Å²) in [4.78, 5) is 38.6. The van der Waals surface area contributed by atoms with Gasteiger partial charge in [0.25, 0.3) is 0 Å². The number of carboxylic acids is 1. The Morgan fingerprint density at radius 1 is 0.892 bits per heavy atom. The third-order valence-corrected chi connectivity index (χ3v) is 6.54. The minimum absolute atomic E-state index is 0.00362. The number of carboxylic acid groups (broad SMARTS) is 1. The monoisotopic (exact) mass is 500 g/mol. The lowest BCUT2D eigenvalue weighted by Crippen LogP contribution is -2.48. The van der Waals surface area contributed by atoms with Gasteiger partial charge in [0.15, 0.2) is 0 Å². The van der Waals surface area contributed by atoms with E-state index in [2.05, 4.69) is 29.6 Å². The van der Waals surface area contributed by atoms with Crippen LogP contribution in [0.5, 0.6) is 0 Å². The van der Waals surface area contributed by atoms with E-state index >= 15 is 0 Å². The first-order valence-corrected chi connectivity index (χ1v) is 12.4. The van der Waals surface area contributed by atoms with Gasteiger partial charge in [-0.15, -0.1) is 0 Å². The maximum Gasteiger partial charge on any atom is 0.407 e. The molecule has 0 unspecified atom stereocenters. The molecule has 4 rings (SSSR count). The van der Waals surface area contributed by atoms with E-state index in [0.717, 1.165) is 27.8 Å². The highest BCUT2D eigenvalue weighted by Crippen LogP contribution is 2.44. The van der Waals surface area contributed by atoms with Gasteiger partial charge in [0, 0.05) is 31.0 Å². The Morgan fingerprint density at radius 3 is 2.05 bits per heavy atom. The lowest BCUT2D eigenvalue weighted by molar-refractivity contribution is -0.139. The second kappa shape index (κ2) is 11.3. The highest BCUT2D eigenvalue weighted by atomic mass is 16.5. The molecule has 0 fully saturated rings. The predicted molar refractivity (Wildman–Crippen MR) is 141 cm³/mol. The van der Waals surface area contributed by atoms with Crippen LogP contribution in [0, 0.1) is 0 Å². The largest absolute Gasteiger partial charge is 0.481 e. The average Bonchev–Trinajstić information content (AvgIpc) is 3.19. The van der Waals surface area contributed by atoms with E-state index < -0.39 is 17.6 Å². The Labute approximate surface area is 217 Å². The summed E-state index contributed by atoms with van der Waals surface area (Å²) >= 11 is 0. The normalized spacial score (nSPS) is 12.4. The van der Waals surface area contributed by atoms with Gasteiger partial charge in [0.05, 0.1) is 6.42 Å². The minimum atomic E-state index is -0.970. The molecule has 0 aromatic heterocycles. The molecule has 0 aliphatic heterocycles. The highest BCUT2D eigenvalue weighted by Gasteiger charge is 2.31. The zero-order valence-electron chi connectivity index (χ0n) is 21.1. The van der Waals surface area contributed by atoms with Crippen molar-refractivity contribution in [1.82, 2.24) is 10.2 Å². The number of aliphatic carboxylic acids is 1. The second-order valence-corrected chi connectivity index (χ2v) is 9.96. The fourth-order valence-electron chi connectivity index (χ4n) is 4.77. The van der Waals surface area contributed by atoms with Crippen LogP contribution >= 0.6 is 0 Å². The standard InChI is InChI=1S/C30H32N2O5/c1-30(2,18-27(33)32(17-16-28(34)35)19-21-10-4-3-5-11-21)31-29(36)37-20-26-24-14-8-6-12-22(24)23-13-7-9-15-25(23)26/h3-15,26H,16-20H2,1-2H3,(H,31,36)(H,34,35). The van der Waals surface area contributed by atoms with E-state index in [4.69, 9.17) is 9.84 Å². The van der Waals surface area contributed by atoms with Crippen LogP contribution in [0.1, 0.15) is 49.3 Å². The zero-order chi connectivity index (χ0) is 26.4. The Balaban J connectivity index is 1.37. The SMILES string of the molecule is CC(C)(CC(=O)N(CCC(=O)O)Cc1ccccc1)NC(=O)OCC1c2ccccc2-c2ccccc21. The number of rotatable bonds is 10. The number of carbonyl (C=O) groups is 3. The number of fused-ring (bicyclic) bond motifs is 3. The molecule has 0 saturated carbocycles. The summed E-state index contributed by atoms with van der Waals surface area (Å²) in [6.07, 6.45) is -0.748. The minimum Gasteiger partial charge on any atom is -0.481 e. The van der Waals surface area contributed by atoms with Crippen molar-refractivity contribution >= 4 is 18.0 Å². The van der Waals surface area contributed by atoms with Crippen molar-refractivity contribution in [2.45, 2.75) is 44.7 Å². The molecule has 37 heavy (non-hydrogen) atoms. The van der Waals surface area contributed by atoms with Gasteiger partial charge in [-0.25, -0.2) is 4.79 Å². The zero-order valence-corrected chi connectivity index (χ0v) is 21.1. The number of hydrogen-bond acceptors (Lipinski definition) is 4. The van der Waals surface area contributed by atoms with Gasteiger partial charge in [-0.1, -0.05) is 78.9 Å². The summed E-state index contributed by atoms with van der Waals surface area (Å²) in [5.41, 5.74) is 4.57. The van der Waals surface area contributed by atoms with Crippen LogP contribution in [0.2, 0.25) is 0 Å². The van der Waals surface area contributed by atoms with E-state index in [1.54, 1.807) is 13.8 Å². The summed E-state index contributed by atoms with van der Waals surface area (Å²) in [6.45, 7) is 4.08. The summed E-state index contributed by atoms with van der Waals surface area (Å²) < 4.78 is 5.64. The number of benzene rings is 3. The number of amides is 2. The first-order valence-electron chi connectivity index (χ1n) is 12.4. The van der Waals surface area contributed by atoms with E-state index in [9.17, 15) is 14.4 Å². The topological polar surface area (TPSA) is 95.9 Å². The number of nitrogens with zero attached hydrogens (tertiary/aromatic N) is 1. The number of carbonyl (C=O) groups excluding carboxylic acids is 2. The molecule has 2 amide bonds. The van der Waals surface area contributed by atoms with Crippen molar-refractivity contribution in [2.24, 2.45) is 0 Å². The predicted octanol–water partition coefficient (Wildman–Crippen LogP) is 5.20. The Bertz CT molecular complexity index is 1230. The van der Waals surface area contributed by atoms with Crippen LogP contribution in [0.4, 0.5) is 4.79 Å². The molecule has 192 valence electrons. The molecule has 7 nitrogen and oxygen atoms in total. The van der Waals surface area contributed by atoms with E-state index in [1.165, 1.54) is 4.90 Å². The van der Waals surface area contributed by atoms with E-state index in [1.807, 2.05) is 54.6 Å². The molecule has 3 aromatic carbocycles. The van der Waals surface area contributed by atoms with Crippen LogP contribution in [0.3, 0.4) is 0 Å². The number of hydrogen-bond donors (Lipinski definition) is 2. The highest BCUT2D eigenvalue weighted by molar-refractivity contribution is 5.80. The first-order chi connectivity index (χ1) is 17.7. The second-order valence-electron chi connectivity index (χ2n) is 9.96. The molecule has 0 spiro atoms. The molecule has 7 heteroatoms. The van der Waals surface area contributed by atoms with E-state index in [0.29, 0.717) is 6.54 Å². The van der Waals surface area contributed by atoms with Crippen LogP contribution in [0.15, 0.2) is 78.9 Å². The number of ether oxygens (including phenoxy) is 1. The van der Waals surface area contributed by atoms with Crippen LogP contribution in [-0.4, -0.2) is 46.7 Å². The van der Waals surface area contributed by atoms with Gasteiger partial charge in [0.1, 0.15) is 6.61 Å². The maximum atomic E-state index is 13.1. The molecule has 0 radical (unpaired) electrons. The van der Waals surface area contributed by atoms with Gasteiger partial charge in [-0.05, 0) is 41.7 Å². The molecule has 0 atom stereocenters. The summed E-state index contributed by atoms with van der Waals surface area (Å²) in [6, 6.07) is 25.7. The summed E-state index contributed by atoms with van der Waals surface area (Å²) in [7, 11) is 0. The van der Waals surface area contributed by atoms with Crippen LogP contribution < -0.4 is 5.32 Å². The summed E-state index contributed by atoms with van der Waals surface area (Å²) in [5, 5.41) is 11.9. The van der Waals surface area contributed by atoms with Crippen LogP contribution in [-0.2, 0) is 20.9 Å². The first kappa shape index (κ1) is 25.9. The smallest absolute Gasteiger partial charge is 0.407 e. The molecule has 0 bridgehead atoms. The molecule has 3 aromatic rings. The molecule has 0 heterocycles. The molecule has 2 N–H and O–H groups in total. The van der Waals surface area contributed by atoms with Gasteiger partial charge in [-0.2, -0.15) is 0 Å². The quantitative estimate of drug-likeness (QED) is 0.399.